The fourth-order valence-corrected chi connectivity index (χ4v) is 2.13. The van der Waals surface area contributed by atoms with E-state index in [1.807, 2.05) is 0 Å². The molecule has 0 aromatic heterocycles. The second-order valence-electron chi connectivity index (χ2n) is 3.88. The molecule has 0 radical (unpaired) electrons. The average molecular weight is 203 g/mol. The van der Waals surface area contributed by atoms with E-state index in [1.165, 1.54) is 0 Å². The Kier molecular flexibility index (Phi) is 4.87. The van der Waals surface area contributed by atoms with Crippen LogP contribution in [0, 0.1) is 11.8 Å². The van der Waals surface area contributed by atoms with Gasteiger partial charge in [0.05, 0.1) is 5.92 Å². The smallest absolute Gasteiger partial charge is 0.306 e. The molecular weight excluding hydrogens is 185 g/mol. The minimum absolute atomic E-state index is 0.188. The molecule has 0 heterocycles. The van der Waals surface area contributed by atoms with E-state index in [-0.39, 0.29) is 18.5 Å². The minimum atomic E-state index is -0.697. The van der Waals surface area contributed by atoms with Gasteiger partial charge in [0.1, 0.15) is 6.67 Å². The average Bonchev–Trinajstić information content (AvgIpc) is 2.19. The molecule has 0 aromatic carbocycles. The van der Waals surface area contributed by atoms with Crippen molar-refractivity contribution in [3.63, 3.8) is 0 Å². The zero-order valence-corrected chi connectivity index (χ0v) is 8.34. The van der Waals surface area contributed by atoms with Gasteiger partial charge in [-0.1, -0.05) is 12.8 Å². The maximum atomic E-state index is 11.8. The van der Waals surface area contributed by atoms with Crippen molar-refractivity contribution in [1.82, 2.24) is 5.32 Å². The van der Waals surface area contributed by atoms with Crippen molar-refractivity contribution in [1.29, 1.82) is 0 Å². The predicted octanol–water partition coefficient (Wildman–Crippen LogP) is 1.44. The number of nitrogens with one attached hydrogen (secondary N) is 1. The van der Waals surface area contributed by atoms with Gasteiger partial charge in [0, 0.05) is 6.54 Å². The van der Waals surface area contributed by atoms with E-state index < -0.39 is 5.97 Å². The maximum Gasteiger partial charge on any atom is 0.306 e. The van der Waals surface area contributed by atoms with Crippen LogP contribution in [0.25, 0.3) is 0 Å². The van der Waals surface area contributed by atoms with Crippen molar-refractivity contribution in [2.45, 2.75) is 25.7 Å². The van der Waals surface area contributed by atoms with Crippen molar-refractivity contribution < 1.29 is 14.3 Å². The van der Waals surface area contributed by atoms with Crippen molar-refractivity contribution >= 4 is 5.97 Å². The quantitative estimate of drug-likeness (QED) is 0.665. The number of alkyl halides is 1. The summed E-state index contributed by atoms with van der Waals surface area (Å²) in [6.45, 7) is 0.591. The highest BCUT2D eigenvalue weighted by molar-refractivity contribution is 5.70. The van der Waals surface area contributed by atoms with Gasteiger partial charge in [0.15, 0.2) is 0 Å². The van der Waals surface area contributed by atoms with Gasteiger partial charge in [-0.15, -0.1) is 0 Å². The summed E-state index contributed by atoms with van der Waals surface area (Å²) in [6, 6.07) is 0. The van der Waals surface area contributed by atoms with Gasteiger partial charge >= 0.3 is 5.97 Å². The van der Waals surface area contributed by atoms with Gasteiger partial charge in [-0.25, -0.2) is 4.39 Å². The number of carbonyl (C=O) groups is 1. The molecule has 1 rings (SSSR count). The topological polar surface area (TPSA) is 49.3 Å². The highest BCUT2D eigenvalue weighted by Crippen LogP contribution is 2.29. The summed E-state index contributed by atoms with van der Waals surface area (Å²) in [7, 11) is 0. The summed E-state index contributed by atoms with van der Waals surface area (Å²) in [5.41, 5.74) is 0. The van der Waals surface area contributed by atoms with Crippen LogP contribution in [0.4, 0.5) is 4.39 Å². The SMILES string of the molecule is O=C(O)C1CCCCC1CNCCF. The fraction of sp³-hybridized carbons (Fsp3) is 0.900. The molecule has 1 aliphatic carbocycles. The largest absolute Gasteiger partial charge is 0.481 e. The van der Waals surface area contributed by atoms with Crippen LogP contribution in [0.1, 0.15) is 25.7 Å². The zero-order chi connectivity index (χ0) is 10.4. The molecule has 14 heavy (non-hydrogen) atoms. The van der Waals surface area contributed by atoms with Crippen molar-refractivity contribution in [2.75, 3.05) is 19.8 Å². The van der Waals surface area contributed by atoms with E-state index in [9.17, 15) is 9.18 Å². The van der Waals surface area contributed by atoms with Gasteiger partial charge < -0.3 is 10.4 Å². The van der Waals surface area contributed by atoms with Gasteiger partial charge in [-0.2, -0.15) is 0 Å². The molecule has 2 atom stereocenters. The first-order valence-corrected chi connectivity index (χ1v) is 5.25. The maximum absolute atomic E-state index is 11.8. The lowest BCUT2D eigenvalue weighted by molar-refractivity contribution is -0.144. The van der Waals surface area contributed by atoms with Crippen LogP contribution in [-0.2, 0) is 4.79 Å². The fourth-order valence-electron chi connectivity index (χ4n) is 2.13. The Balaban J connectivity index is 2.34. The molecule has 0 saturated heterocycles. The van der Waals surface area contributed by atoms with Crippen molar-refractivity contribution in [3.8, 4) is 0 Å². The number of hydrogen-bond donors (Lipinski definition) is 2. The van der Waals surface area contributed by atoms with E-state index in [0.717, 1.165) is 25.7 Å². The molecule has 4 heteroatoms. The lowest BCUT2D eigenvalue weighted by atomic mass is 9.79. The standard InChI is InChI=1S/C10H18FNO2/c11-5-6-12-7-8-3-1-2-4-9(8)10(13)14/h8-9,12H,1-7H2,(H,13,14). The van der Waals surface area contributed by atoms with E-state index >= 15 is 0 Å². The molecule has 1 fully saturated rings. The predicted molar refractivity (Wildman–Crippen MR) is 51.9 cm³/mol. The Bertz CT molecular complexity index is 187. The van der Waals surface area contributed by atoms with Crippen LogP contribution in [-0.4, -0.2) is 30.8 Å². The Labute approximate surface area is 83.7 Å². The van der Waals surface area contributed by atoms with Crippen molar-refractivity contribution in [2.24, 2.45) is 11.8 Å². The summed E-state index contributed by atoms with van der Waals surface area (Å²) in [5, 5.41) is 11.9. The number of aliphatic carboxylic acids is 1. The first kappa shape index (κ1) is 11.4. The molecule has 0 bridgehead atoms. The third kappa shape index (κ3) is 3.25. The highest BCUT2D eigenvalue weighted by atomic mass is 19.1. The number of rotatable bonds is 5. The molecule has 82 valence electrons. The van der Waals surface area contributed by atoms with E-state index in [4.69, 9.17) is 5.11 Å². The third-order valence-corrected chi connectivity index (χ3v) is 2.90. The van der Waals surface area contributed by atoms with Crippen LogP contribution in [0.5, 0.6) is 0 Å². The number of carboxylic acid groups (broad SMARTS) is 1. The number of carboxylic acids is 1. The molecule has 2 unspecified atom stereocenters. The lowest BCUT2D eigenvalue weighted by Gasteiger charge is -2.28. The van der Waals surface area contributed by atoms with Crippen LogP contribution in [0.2, 0.25) is 0 Å². The molecule has 2 N–H and O–H groups in total. The molecule has 1 saturated carbocycles. The van der Waals surface area contributed by atoms with Crippen LogP contribution >= 0.6 is 0 Å². The normalized spacial score (nSPS) is 27.5. The number of halogens is 1. The highest BCUT2D eigenvalue weighted by Gasteiger charge is 2.29. The summed E-state index contributed by atoms with van der Waals surface area (Å²) in [4.78, 5) is 10.9. The van der Waals surface area contributed by atoms with Crippen LogP contribution in [0.3, 0.4) is 0 Å². The van der Waals surface area contributed by atoms with Crippen molar-refractivity contribution in [3.05, 3.63) is 0 Å². The summed E-state index contributed by atoms with van der Waals surface area (Å²) in [6.07, 6.45) is 3.84. The monoisotopic (exact) mass is 203 g/mol. The summed E-state index contributed by atoms with van der Waals surface area (Å²) < 4.78 is 11.8. The summed E-state index contributed by atoms with van der Waals surface area (Å²) >= 11 is 0. The Morgan fingerprint density at radius 1 is 1.43 bits per heavy atom. The van der Waals surface area contributed by atoms with E-state index in [2.05, 4.69) is 5.32 Å². The van der Waals surface area contributed by atoms with Gasteiger partial charge in [-0.05, 0) is 25.3 Å². The number of hydrogen-bond acceptors (Lipinski definition) is 2. The minimum Gasteiger partial charge on any atom is -0.481 e. The third-order valence-electron chi connectivity index (χ3n) is 2.90. The van der Waals surface area contributed by atoms with E-state index in [0.29, 0.717) is 13.1 Å². The molecule has 1 aliphatic rings. The first-order valence-electron chi connectivity index (χ1n) is 5.25. The Hall–Kier alpha value is -0.640. The molecule has 3 nitrogen and oxygen atoms in total. The van der Waals surface area contributed by atoms with Gasteiger partial charge in [-0.3, -0.25) is 4.79 Å². The molecule has 0 aromatic rings. The Morgan fingerprint density at radius 3 is 2.79 bits per heavy atom. The molecular formula is C10H18FNO2. The second-order valence-corrected chi connectivity index (χ2v) is 3.88. The lowest BCUT2D eigenvalue weighted by Crippen LogP contribution is -2.35. The van der Waals surface area contributed by atoms with Crippen LogP contribution in [0.15, 0.2) is 0 Å². The summed E-state index contributed by atoms with van der Waals surface area (Å²) in [5.74, 6) is -0.736. The Morgan fingerprint density at radius 2 is 2.14 bits per heavy atom. The van der Waals surface area contributed by atoms with Gasteiger partial charge in [0.2, 0.25) is 0 Å². The zero-order valence-electron chi connectivity index (χ0n) is 8.34. The first-order chi connectivity index (χ1) is 6.75. The van der Waals surface area contributed by atoms with Gasteiger partial charge in [0.25, 0.3) is 0 Å². The molecule has 0 spiro atoms. The molecule has 0 amide bonds. The molecule has 0 aliphatic heterocycles. The van der Waals surface area contributed by atoms with Crippen LogP contribution < -0.4 is 5.32 Å². The second kappa shape index (κ2) is 5.96. The van der Waals surface area contributed by atoms with E-state index in [1.54, 1.807) is 0 Å².